The Morgan fingerprint density at radius 2 is 1.06 bits per heavy atom. The SMILES string of the molecule is CC(C)c1cccc(C(C)C)c1N(C(=O)c1cccc(O)c1)C(=O)c1cccc(O)c1. The summed E-state index contributed by atoms with van der Waals surface area (Å²) in [5.74, 6) is -1.08. The van der Waals surface area contributed by atoms with Crippen LogP contribution in [0.25, 0.3) is 0 Å². The van der Waals surface area contributed by atoms with Crippen molar-refractivity contribution < 1.29 is 19.8 Å². The number of amides is 2. The first-order valence-corrected chi connectivity index (χ1v) is 10.3. The van der Waals surface area contributed by atoms with E-state index >= 15 is 0 Å². The predicted octanol–water partition coefficient (Wildman–Crippen LogP) is 5.83. The maximum Gasteiger partial charge on any atom is 0.265 e. The molecule has 0 saturated carbocycles. The van der Waals surface area contributed by atoms with Crippen molar-refractivity contribution in [3.8, 4) is 11.5 Å². The van der Waals surface area contributed by atoms with E-state index in [-0.39, 0.29) is 34.5 Å². The monoisotopic (exact) mass is 417 g/mol. The molecule has 3 aromatic carbocycles. The fourth-order valence-electron chi connectivity index (χ4n) is 3.60. The van der Waals surface area contributed by atoms with Crippen molar-refractivity contribution in [1.29, 1.82) is 0 Å². The van der Waals surface area contributed by atoms with E-state index in [4.69, 9.17) is 0 Å². The zero-order chi connectivity index (χ0) is 22.7. The van der Waals surface area contributed by atoms with Gasteiger partial charge in [-0.05, 0) is 59.4 Å². The molecule has 0 unspecified atom stereocenters. The molecule has 2 N–H and O–H groups in total. The van der Waals surface area contributed by atoms with Crippen molar-refractivity contribution in [2.75, 3.05) is 4.90 Å². The first kappa shape index (κ1) is 22.1. The maximum absolute atomic E-state index is 13.7. The van der Waals surface area contributed by atoms with Gasteiger partial charge in [0.1, 0.15) is 11.5 Å². The molecule has 0 aliphatic carbocycles. The molecular formula is C26H27NO4. The standard InChI is InChI=1S/C26H27NO4/c1-16(2)22-12-7-13-23(17(3)4)24(22)27(25(30)18-8-5-10-20(28)14-18)26(31)19-9-6-11-21(29)15-19/h5-17,28-29H,1-4H3. The van der Waals surface area contributed by atoms with Gasteiger partial charge in [-0.1, -0.05) is 58.0 Å². The second-order valence-electron chi connectivity index (χ2n) is 8.14. The molecule has 0 heterocycles. The van der Waals surface area contributed by atoms with Gasteiger partial charge < -0.3 is 10.2 Å². The molecule has 0 radical (unpaired) electrons. The van der Waals surface area contributed by atoms with Gasteiger partial charge >= 0.3 is 0 Å². The quantitative estimate of drug-likeness (QED) is 0.512. The fraction of sp³-hybridized carbons (Fsp3) is 0.231. The molecule has 0 aliphatic heterocycles. The van der Waals surface area contributed by atoms with E-state index in [9.17, 15) is 19.8 Å². The summed E-state index contributed by atoms with van der Waals surface area (Å²) in [4.78, 5) is 28.5. The molecule has 0 bridgehead atoms. The second-order valence-corrected chi connectivity index (χ2v) is 8.14. The lowest BCUT2D eigenvalue weighted by Crippen LogP contribution is -2.38. The smallest absolute Gasteiger partial charge is 0.265 e. The van der Waals surface area contributed by atoms with Gasteiger partial charge in [0.15, 0.2) is 0 Å². The number of nitrogens with zero attached hydrogens (tertiary/aromatic N) is 1. The summed E-state index contributed by atoms with van der Waals surface area (Å²) in [6.07, 6.45) is 0. The van der Waals surface area contributed by atoms with Crippen LogP contribution in [0.3, 0.4) is 0 Å². The Kier molecular flexibility index (Phi) is 6.44. The zero-order valence-corrected chi connectivity index (χ0v) is 18.2. The molecule has 0 atom stereocenters. The van der Waals surface area contributed by atoms with Gasteiger partial charge in [0.2, 0.25) is 0 Å². The molecule has 31 heavy (non-hydrogen) atoms. The third-order valence-corrected chi connectivity index (χ3v) is 5.16. The van der Waals surface area contributed by atoms with Crippen molar-refractivity contribution in [3.05, 3.63) is 89.0 Å². The van der Waals surface area contributed by atoms with E-state index in [0.717, 1.165) is 11.1 Å². The van der Waals surface area contributed by atoms with Gasteiger partial charge in [0, 0.05) is 11.1 Å². The Balaban J connectivity index is 2.29. The van der Waals surface area contributed by atoms with Gasteiger partial charge in [-0.3, -0.25) is 9.59 Å². The van der Waals surface area contributed by atoms with Crippen LogP contribution in [0.4, 0.5) is 5.69 Å². The molecule has 2 amide bonds. The summed E-state index contributed by atoms with van der Waals surface area (Å²) in [5.41, 5.74) is 2.68. The third kappa shape index (κ3) is 4.61. The van der Waals surface area contributed by atoms with Gasteiger partial charge in [0.05, 0.1) is 5.69 Å². The number of aromatic hydroxyl groups is 2. The topological polar surface area (TPSA) is 77.8 Å². The molecule has 0 fully saturated rings. The summed E-state index contributed by atoms with van der Waals surface area (Å²) in [6.45, 7) is 8.05. The number of anilines is 1. The molecule has 5 heteroatoms. The van der Waals surface area contributed by atoms with E-state index in [1.807, 2.05) is 45.9 Å². The molecule has 0 spiro atoms. The minimum atomic E-state index is -0.542. The van der Waals surface area contributed by atoms with Gasteiger partial charge in [-0.2, -0.15) is 0 Å². The Labute approximate surface area is 182 Å². The number of hydrogen-bond acceptors (Lipinski definition) is 4. The van der Waals surface area contributed by atoms with Crippen LogP contribution in [0.15, 0.2) is 66.7 Å². The molecule has 5 nitrogen and oxygen atoms in total. The van der Waals surface area contributed by atoms with Crippen LogP contribution in [0.2, 0.25) is 0 Å². The summed E-state index contributed by atoms with van der Waals surface area (Å²) in [7, 11) is 0. The highest BCUT2D eigenvalue weighted by molar-refractivity contribution is 6.26. The fourth-order valence-corrected chi connectivity index (χ4v) is 3.60. The average Bonchev–Trinajstić information content (AvgIpc) is 2.73. The average molecular weight is 418 g/mol. The van der Waals surface area contributed by atoms with E-state index < -0.39 is 11.8 Å². The van der Waals surface area contributed by atoms with Crippen molar-refractivity contribution in [2.24, 2.45) is 0 Å². The minimum absolute atomic E-state index is 0.0585. The van der Waals surface area contributed by atoms with Crippen molar-refractivity contribution in [3.63, 3.8) is 0 Å². The van der Waals surface area contributed by atoms with E-state index in [2.05, 4.69) is 0 Å². The zero-order valence-electron chi connectivity index (χ0n) is 18.2. The molecule has 0 aliphatic rings. The maximum atomic E-state index is 13.7. The van der Waals surface area contributed by atoms with Crippen LogP contribution < -0.4 is 4.90 Å². The van der Waals surface area contributed by atoms with Crippen molar-refractivity contribution >= 4 is 17.5 Å². The number of phenolic OH excluding ortho intramolecular Hbond substituents is 2. The lowest BCUT2D eigenvalue weighted by atomic mass is 9.91. The van der Waals surface area contributed by atoms with Crippen molar-refractivity contribution in [2.45, 2.75) is 39.5 Å². The Hall–Kier alpha value is -3.60. The molecule has 0 aromatic heterocycles. The van der Waals surface area contributed by atoms with Gasteiger partial charge in [-0.25, -0.2) is 4.90 Å². The number of benzene rings is 3. The van der Waals surface area contributed by atoms with E-state index in [0.29, 0.717) is 5.69 Å². The highest BCUT2D eigenvalue weighted by atomic mass is 16.3. The summed E-state index contributed by atoms with van der Waals surface area (Å²) < 4.78 is 0. The normalized spacial score (nSPS) is 11.0. The van der Waals surface area contributed by atoms with Crippen molar-refractivity contribution in [1.82, 2.24) is 0 Å². The summed E-state index contributed by atoms with van der Waals surface area (Å²) in [6, 6.07) is 17.7. The summed E-state index contributed by atoms with van der Waals surface area (Å²) in [5, 5.41) is 19.8. The first-order valence-electron chi connectivity index (χ1n) is 10.3. The number of imide groups is 1. The van der Waals surface area contributed by atoms with Crippen LogP contribution in [-0.4, -0.2) is 22.0 Å². The number of phenols is 2. The molecule has 3 aromatic rings. The van der Waals surface area contributed by atoms with Crippen LogP contribution in [0, 0.1) is 0 Å². The highest BCUT2D eigenvalue weighted by Gasteiger charge is 2.31. The first-order chi connectivity index (χ1) is 14.7. The van der Waals surface area contributed by atoms with Gasteiger partial charge in [0.25, 0.3) is 11.8 Å². The largest absolute Gasteiger partial charge is 0.508 e. The Morgan fingerprint density at radius 3 is 1.42 bits per heavy atom. The molecule has 160 valence electrons. The number of hydrogen-bond donors (Lipinski definition) is 2. The van der Waals surface area contributed by atoms with Gasteiger partial charge in [-0.15, -0.1) is 0 Å². The molecule has 0 saturated heterocycles. The van der Waals surface area contributed by atoms with E-state index in [1.54, 1.807) is 24.3 Å². The lowest BCUT2D eigenvalue weighted by Gasteiger charge is -2.29. The lowest BCUT2D eigenvalue weighted by molar-refractivity contribution is 0.0896. The van der Waals surface area contributed by atoms with Crippen LogP contribution >= 0.6 is 0 Å². The number of rotatable bonds is 5. The Morgan fingerprint density at radius 1 is 0.677 bits per heavy atom. The predicted molar refractivity (Wildman–Crippen MR) is 122 cm³/mol. The second kappa shape index (κ2) is 9.04. The molecular weight excluding hydrogens is 390 g/mol. The van der Waals surface area contributed by atoms with Crippen LogP contribution in [0.5, 0.6) is 11.5 Å². The number of para-hydroxylation sites is 1. The van der Waals surface area contributed by atoms with E-state index in [1.165, 1.54) is 29.2 Å². The summed E-state index contributed by atoms with van der Waals surface area (Å²) >= 11 is 0. The highest BCUT2D eigenvalue weighted by Crippen LogP contribution is 2.37. The minimum Gasteiger partial charge on any atom is -0.508 e. The third-order valence-electron chi connectivity index (χ3n) is 5.16. The van der Waals surface area contributed by atoms with Crippen LogP contribution in [0.1, 0.15) is 71.4 Å². The number of carbonyl (C=O) groups is 2. The Bertz CT molecular complexity index is 1030. The number of carbonyl (C=O) groups excluding carboxylic acids is 2. The molecule has 3 rings (SSSR count). The van der Waals surface area contributed by atoms with Crippen LogP contribution in [-0.2, 0) is 0 Å².